The molecule has 1 radical (unpaired) electrons. The largest absolute Gasteiger partial charge is 2.00 e. The first-order valence-electron chi connectivity index (χ1n) is 7.82. The zero-order chi connectivity index (χ0) is 20.8. The number of carboxylic acid groups (broad SMARTS) is 3. The topological polar surface area (TPSA) is 224 Å². The number of pyridine rings is 2. The maximum Gasteiger partial charge on any atom is 2.00 e. The number of carboxylic acids is 3. The van der Waals surface area contributed by atoms with E-state index in [9.17, 15) is 24.6 Å². The smallest absolute Gasteiger partial charge is 0.543 e. The zero-order valence-corrected chi connectivity index (χ0v) is 17.1. The quantitative estimate of drug-likeness (QED) is 0.396. The molecule has 31 heavy (non-hydrogen) atoms. The van der Waals surface area contributed by atoms with Gasteiger partial charge in [0.15, 0.2) is 5.82 Å². The minimum absolute atomic E-state index is 0. The van der Waals surface area contributed by atoms with Crippen molar-refractivity contribution < 1.29 is 57.7 Å². The fourth-order valence-electron chi connectivity index (χ4n) is 2.18. The Morgan fingerprint density at radius 1 is 0.871 bits per heavy atom. The van der Waals surface area contributed by atoms with Crippen LogP contribution in [0.15, 0.2) is 42.5 Å². The summed E-state index contributed by atoms with van der Waals surface area (Å²) in [6.07, 6.45) is 0. The van der Waals surface area contributed by atoms with Crippen LogP contribution in [0.1, 0.15) is 42.9 Å². The number of carbonyl (C=O) groups is 3. The Morgan fingerprint density at radius 2 is 1.35 bits per heavy atom. The van der Waals surface area contributed by atoms with Crippen LogP contribution in [0.5, 0.6) is 0 Å². The Labute approximate surface area is 186 Å². The van der Waals surface area contributed by atoms with E-state index < -0.39 is 17.9 Å². The van der Waals surface area contributed by atoms with Crippen LogP contribution in [-0.2, 0) is 17.1 Å². The van der Waals surface area contributed by atoms with Crippen LogP contribution in [0.3, 0.4) is 0 Å². The Balaban J connectivity index is 0. The molecule has 0 aliphatic carbocycles. The fourth-order valence-corrected chi connectivity index (χ4v) is 2.18. The van der Waals surface area contributed by atoms with E-state index in [1.807, 2.05) is 19.9 Å². The molecular weight excluding hydrogens is 464 g/mol. The summed E-state index contributed by atoms with van der Waals surface area (Å²) in [7, 11) is 0. The van der Waals surface area contributed by atoms with Crippen molar-refractivity contribution in [1.29, 1.82) is 0 Å². The van der Waals surface area contributed by atoms with Crippen LogP contribution >= 0.6 is 0 Å². The summed E-state index contributed by atoms with van der Waals surface area (Å²) in [5.41, 5.74) is 0.982. The first-order chi connectivity index (χ1) is 13.2. The van der Waals surface area contributed by atoms with Crippen molar-refractivity contribution in [1.82, 2.24) is 19.7 Å². The van der Waals surface area contributed by atoms with Gasteiger partial charge in [-0.15, -0.1) is 0 Å². The van der Waals surface area contributed by atoms with Gasteiger partial charge in [0.05, 0.1) is 29.0 Å². The number of aromatic nitrogens is 4. The number of aryl methyl sites for hydroxylation is 2. The van der Waals surface area contributed by atoms with E-state index in [4.69, 9.17) is 5.11 Å². The van der Waals surface area contributed by atoms with E-state index in [-0.39, 0.29) is 45.1 Å². The predicted octanol–water partition coefficient (Wildman–Crippen LogP) is -2.26. The van der Waals surface area contributed by atoms with E-state index in [1.54, 1.807) is 16.8 Å². The van der Waals surface area contributed by atoms with E-state index in [0.29, 0.717) is 5.82 Å². The molecule has 0 aliphatic rings. The SMILES string of the molecule is Cc1cc(C)n(-c2cccc(C(=O)[O-])n2)n1.O.O.O=C([O-])c1cccc(C(=O)O)n1.[Cu+2]. The summed E-state index contributed by atoms with van der Waals surface area (Å²) < 4.78 is 1.60. The molecule has 3 rings (SSSR count). The maximum atomic E-state index is 10.7. The van der Waals surface area contributed by atoms with Gasteiger partial charge in [0.1, 0.15) is 5.69 Å². The van der Waals surface area contributed by atoms with Gasteiger partial charge in [-0.1, -0.05) is 12.1 Å². The second-order valence-electron chi connectivity index (χ2n) is 5.51. The summed E-state index contributed by atoms with van der Waals surface area (Å²) in [5.74, 6) is -3.56. The Morgan fingerprint density at radius 3 is 1.81 bits per heavy atom. The van der Waals surface area contributed by atoms with Crippen molar-refractivity contribution in [3.05, 3.63) is 70.9 Å². The van der Waals surface area contributed by atoms with Gasteiger partial charge in [-0.2, -0.15) is 5.10 Å². The summed E-state index contributed by atoms with van der Waals surface area (Å²) in [6, 6.07) is 10.3. The molecule has 12 nitrogen and oxygen atoms in total. The fraction of sp³-hybridized carbons (Fsp3) is 0.111. The summed E-state index contributed by atoms with van der Waals surface area (Å²) in [5, 5.41) is 33.5. The zero-order valence-electron chi connectivity index (χ0n) is 16.1. The van der Waals surface area contributed by atoms with Gasteiger partial charge in [0.25, 0.3) is 0 Å². The molecule has 0 spiro atoms. The predicted molar refractivity (Wildman–Crippen MR) is 97.9 cm³/mol. The molecule has 0 atom stereocenters. The van der Waals surface area contributed by atoms with Crippen molar-refractivity contribution >= 4 is 17.9 Å². The number of carbonyl (C=O) groups excluding carboxylic acids is 2. The van der Waals surface area contributed by atoms with Crippen LogP contribution in [0.2, 0.25) is 0 Å². The van der Waals surface area contributed by atoms with E-state index >= 15 is 0 Å². The van der Waals surface area contributed by atoms with Crippen molar-refractivity contribution in [3.8, 4) is 5.82 Å². The number of hydrogen-bond donors (Lipinski definition) is 1. The third-order valence-corrected chi connectivity index (χ3v) is 3.35. The average molecular weight is 482 g/mol. The standard InChI is InChI=1S/C11H11N3O2.C7H5NO4.Cu.2H2O/c1-7-6-8(2)14(13-7)10-5-3-4-9(12-10)11(15)16;9-6(10)4-2-1-3-5(8-4)7(11)12;;;/h3-6H,1-2H3,(H,15,16);1-3H,(H,9,10)(H,11,12);;2*1H2/q;;+2;;/p-2. The van der Waals surface area contributed by atoms with Gasteiger partial charge in [-0.3, -0.25) is 0 Å². The number of nitrogens with zero attached hydrogens (tertiary/aromatic N) is 4. The van der Waals surface area contributed by atoms with Gasteiger partial charge in [-0.05, 0) is 44.2 Å². The van der Waals surface area contributed by atoms with Crippen molar-refractivity contribution in [2.75, 3.05) is 0 Å². The molecule has 0 aliphatic heterocycles. The maximum absolute atomic E-state index is 10.7. The van der Waals surface area contributed by atoms with E-state index in [2.05, 4.69) is 15.1 Å². The van der Waals surface area contributed by atoms with Gasteiger partial charge in [0.2, 0.25) is 0 Å². The normalized spacial score (nSPS) is 8.97. The molecule has 3 aromatic rings. The van der Waals surface area contributed by atoms with Crippen LogP contribution in [0, 0.1) is 13.8 Å². The summed E-state index contributed by atoms with van der Waals surface area (Å²) >= 11 is 0. The molecular formula is C18H18CuN4O8. The number of rotatable bonds is 4. The van der Waals surface area contributed by atoms with Crippen LogP contribution < -0.4 is 10.2 Å². The molecule has 169 valence electrons. The third-order valence-electron chi connectivity index (χ3n) is 3.35. The van der Waals surface area contributed by atoms with Gasteiger partial charge >= 0.3 is 23.0 Å². The average Bonchev–Trinajstić information content (AvgIpc) is 3.00. The second kappa shape index (κ2) is 12.8. The molecule has 0 unspecified atom stereocenters. The Hall–Kier alpha value is -3.64. The van der Waals surface area contributed by atoms with E-state index in [0.717, 1.165) is 11.4 Å². The molecule has 0 amide bonds. The third kappa shape index (κ3) is 7.95. The molecule has 0 aromatic carbocycles. The van der Waals surface area contributed by atoms with Crippen LogP contribution in [-0.4, -0.2) is 53.7 Å². The van der Waals surface area contributed by atoms with Crippen molar-refractivity contribution in [2.24, 2.45) is 0 Å². The van der Waals surface area contributed by atoms with Gasteiger partial charge < -0.3 is 35.9 Å². The monoisotopic (exact) mass is 481 g/mol. The van der Waals surface area contributed by atoms with Crippen molar-refractivity contribution in [3.63, 3.8) is 0 Å². The van der Waals surface area contributed by atoms with Gasteiger partial charge in [0, 0.05) is 5.69 Å². The van der Waals surface area contributed by atoms with Crippen LogP contribution in [0.4, 0.5) is 0 Å². The molecule has 0 fully saturated rings. The molecule has 13 heteroatoms. The first kappa shape index (κ1) is 29.6. The van der Waals surface area contributed by atoms with Gasteiger partial charge in [-0.25, -0.2) is 19.4 Å². The second-order valence-corrected chi connectivity index (χ2v) is 5.51. The molecule has 0 bridgehead atoms. The first-order valence-corrected chi connectivity index (χ1v) is 7.82. The van der Waals surface area contributed by atoms with Crippen LogP contribution in [0.25, 0.3) is 5.82 Å². The van der Waals surface area contributed by atoms with Crippen molar-refractivity contribution in [2.45, 2.75) is 13.8 Å². The molecule has 0 saturated heterocycles. The molecule has 0 saturated carbocycles. The molecule has 5 N–H and O–H groups in total. The summed E-state index contributed by atoms with van der Waals surface area (Å²) in [6.45, 7) is 3.75. The number of aromatic carboxylic acids is 3. The Kier molecular flexibility index (Phi) is 12.2. The summed E-state index contributed by atoms with van der Waals surface area (Å²) in [4.78, 5) is 38.4. The number of hydrogen-bond acceptors (Lipinski definition) is 8. The minimum Gasteiger partial charge on any atom is -0.543 e. The Bertz CT molecular complexity index is 1030. The minimum atomic E-state index is -1.49. The van der Waals surface area contributed by atoms with E-state index in [1.165, 1.54) is 24.3 Å². The molecule has 3 heterocycles. The molecule has 3 aromatic heterocycles.